The summed E-state index contributed by atoms with van der Waals surface area (Å²) in [6.45, 7) is 2.07. The third-order valence-corrected chi connectivity index (χ3v) is 7.13. The summed E-state index contributed by atoms with van der Waals surface area (Å²) in [5.41, 5.74) is 3.57. The van der Waals surface area contributed by atoms with Crippen LogP contribution in [0.4, 0.5) is 5.69 Å². The molecule has 1 N–H and O–H groups in total. The minimum absolute atomic E-state index is 0.198. The summed E-state index contributed by atoms with van der Waals surface area (Å²) in [7, 11) is 0. The van der Waals surface area contributed by atoms with Gasteiger partial charge in [-0.05, 0) is 82.2 Å². The lowest BCUT2D eigenvalue weighted by Gasteiger charge is -2.12. The zero-order chi connectivity index (χ0) is 24.2. The van der Waals surface area contributed by atoms with E-state index in [0.717, 1.165) is 16.7 Å². The molecule has 0 aliphatic carbocycles. The maximum absolute atomic E-state index is 12.5. The third kappa shape index (κ3) is 5.48. The summed E-state index contributed by atoms with van der Waals surface area (Å²) in [6.07, 6.45) is 1.73. The first kappa shape index (κ1) is 24.4. The highest BCUT2D eigenvalue weighted by Crippen LogP contribution is 2.37. The SMILES string of the molecule is Cc1c(Cl)cccc1N=C1NC(=O)/C(=C\c2cc(Cl)c(OCc3ccccc3C#N)c(Br)c2)S1. The van der Waals surface area contributed by atoms with Crippen molar-refractivity contribution in [3.05, 3.63) is 96.3 Å². The smallest absolute Gasteiger partial charge is 0.264 e. The van der Waals surface area contributed by atoms with Crippen LogP contribution in [-0.4, -0.2) is 11.1 Å². The Balaban J connectivity index is 1.53. The second-order valence-corrected chi connectivity index (χ2v) is 9.94. The van der Waals surface area contributed by atoms with E-state index >= 15 is 0 Å². The highest BCUT2D eigenvalue weighted by atomic mass is 79.9. The Kier molecular flexibility index (Phi) is 7.64. The number of halogens is 3. The number of amides is 1. The molecule has 5 nitrogen and oxygen atoms in total. The Morgan fingerprint density at radius 1 is 1.18 bits per heavy atom. The van der Waals surface area contributed by atoms with Crippen LogP contribution in [0.5, 0.6) is 5.75 Å². The molecular weight excluding hydrogens is 557 g/mol. The van der Waals surface area contributed by atoms with Gasteiger partial charge in [0.05, 0.1) is 31.7 Å². The number of nitriles is 1. The van der Waals surface area contributed by atoms with Crippen LogP contribution in [0.2, 0.25) is 10.0 Å². The lowest BCUT2D eigenvalue weighted by Crippen LogP contribution is -2.19. The molecule has 0 spiro atoms. The fourth-order valence-electron chi connectivity index (χ4n) is 3.16. The molecule has 0 bridgehead atoms. The molecule has 3 aromatic carbocycles. The van der Waals surface area contributed by atoms with E-state index in [1.165, 1.54) is 11.8 Å². The number of rotatable bonds is 5. The van der Waals surface area contributed by atoms with Gasteiger partial charge in [-0.25, -0.2) is 4.99 Å². The molecule has 34 heavy (non-hydrogen) atoms. The monoisotopic (exact) mass is 571 g/mol. The first-order valence-corrected chi connectivity index (χ1v) is 12.4. The number of benzene rings is 3. The van der Waals surface area contributed by atoms with E-state index in [2.05, 4.69) is 32.3 Å². The molecule has 1 aliphatic heterocycles. The van der Waals surface area contributed by atoms with Crippen molar-refractivity contribution in [3.8, 4) is 11.8 Å². The van der Waals surface area contributed by atoms with E-state index in [4.69, 9.17) is 27.9 Å². The quantitative estimate of drug-likeness (QED) is 0.323. The van der Waals surface area contributed by atoms with Gasteiger partial charge in [-0.3, -0.25) is 4.79 Å². The molecule has 1 amide bonds. The van der Waals surface area contributed by atoms with Gasteiger partial charge in [-0.2, -0.15) is 5.26 Å². The van der Waals surface area contributed by atoms with Crippen molar-refractivity contribution in [1.29, 1.82) is 5.26 Å². The van der Waals surface area contributed by atoms with Crippen molar-refractivity contribution in [3.63, 3.8) is 0 Å². The van der Waals surface area contributed by atoms with Gasteiger partial charge in [-0.1, -0.05) is 47.5 Å². The maximum atomic E-state index is 12.5. The molecule has 0 aromatic heterocycles. The van der Waals surface area contributed by atoms with Gasteiger partial charge in [0.2, 0.25) is 0 Å². The number of nitrogens with zero attached hydrogens (tertiary/aromatic N) is 2. The van der Waals surface area contributed by atoms with E-state index < -0.39 is 0 Å². The fourth-order valence-corrected chi connectivity index (χ4v) is 5.16. The number of ether oxygens (including phenoxy) is 1. The number of carbonyl (C=O) groups excluding carboxylic acids is 1. The maximum Gasteiger partial charge on any atom is 0.264 e. The number of carbonyl (C=O) groups is 1. The fraction of sp³-hybridized carbons (Fsp3) is 0.0800. The molecule has 0 saturated carbocycles. The average molecular weight is 573 g/mol. The highest BCUT2D eigenvalue weighted by Gasteiger charge is 2.24. The van der Waals surface area contributed by atoms with Gasteiger partial charge in [-0.15, -0.1) is 0 Å². The molecule has 1 saturated heterocycles. The minimum atomic E-state index is -0.246. The van der Waals surface area contributed by atoms with Crippen molar-refractivity contribution in [2.45, 2.75) is 13.5 Å². The van der Waals surface area contributed by atoms with Crippen LogP contribution < -0.4 is 10.1 Å². The van der Waals surface area contributed by atoms with E-state index in [-0.39, 0.29) is 12.5 Å². The summed E-state index contributed by atoms with van der Waals surface area (Å²) >= 11 is 17.4. The van der Waals surface area contributed by atoms with Crippen LogP contribution in [0, 0.1) is 18.3 Å². The van der Waals surface area contributed by atoms with Gasteiger partial charge < -0.3 is 10.1 Å². The summed E-state index contributed by atoms with van der Waals surface area (Å²) in [6, 6.07) is 18.4. The molecule has 1 heterocycles. The number of nitrogens with one attached hydrogen (secondary N) is 1. The standard InChI is InChI=1S/C25H16BrCl2N3O2S/c1-14-19(27)7-4-8-21(14)30-25-31-24(32)22(34-25)11-15-9-18(26)23(20(28)10-15)33-13-17-6-3-2-5-16(17)12-29/h2-11H,13H2,1H3,(H,30,31,32)/b22-11+. The molecule has 0 radical (unpaired) electrons. The number of amidine groups is 1. The van der Waals surface area contributed by atoms with E-state index in [0.29, 0.717) is 41.6 Å². The van der Waals surface area contributed by atoms with Crippen molar-refractivity contribution in [2.24, 2.45) is 4.99 Å². The van der Waals surface area contributed by atoms with E-state index in [1.54, 1.807) is 30.3 Å². The number of aliphatic imine (C=N–C) groups is 1. The first-order valence-electron chi connectivity index (χ1n) is 10.00. The Morgan fingerprint density at radius 3 is 2.74 bits per heavy atom. The normalized spacial score (nSPS) is 15.4. The summed E-state index contributed by atoms with van der Waals surface area (Å²) in [5, 5.41) is 13.5. The van der Waals surface area contributed by atoms with Crippen molar-refractivity contribution in [2.75, 3.05) is 0 Å². The lowest BCUT2D eigenvalue weighted by molar-refractivity contribution is -0.115. The van der Waals surface area contributed by atoms with Crippen molar-refractivity contribution < 1.29 is 9.53 Å². The third-order valence-electron chi connectivity index (χ3n) is 4.94. The van der Waals surface area contributed by atoms with Crippen molar-refractivity contribution in [1.82, 2.24) is 5.32 Å². The number of hydrogen-bond acceptors (Lipinski definition) is 5. The Morgan fingerprint density at radius 2 is 1.97 bits per heavy atom. The Bertz CT molecular complexity index is 1380. The number of hydrogen-bond donors (Lipinski definition) is 1. The lowest BCUT2D eigenvalue weighted by atomic mass is 10.1. The van der Waals surface area contributed by atoms with E-state index in [1.807, 2.05) is 37.3 Å². The van der Waals surface area contributed by atoms with Crippen LogP contribution >= 0.6 is 50.9 Å². The van der Waals surface area contributed by atoms with Crippen LogP contribution in [-0.2, 0) is 11.4 Å². The predicted octanol–water partition coefficient (Wildman–Crippen LogP) is 7.41. The van der Waals surface area contributed by atoms with Gasteiger partial charge >= 0.3 is 0 Å². The molecule has 4 rings (SSSR count). The topological polar surface area (TPSA) is 74.5 Å². The van der Waals surface area contributed by atoms with E-state index in [9.17, 15) is 10.1 Å². The zero-order valence-electron chi connectivity index (χ0n) is 17.7. The molecule has 3 aromatic rings. The zero-order valence-corrected chi connectivity index (χ0v) is 21.6. The second-order valence-electron chi connectivity index (χ2n) is 7.24. The highest BCUT2D eigenvalue weighted by molar-refractivity contribution is 9.10. The number of thioether (sulfide) groups is 1. The van der Waals surface area contributed by atoms with Gasteiger partial charge in [0, 0.05) is 10.6 Å². The van der Waals surface area contributed by atoms with Crippen LogP contribution in [0.3, 0.4) is 0 Å². The molecule has 1 aliphatic rings. The first-order chi connectivity index (χ1) is 16.4. The second kappa shape index (κ2) is 10.7. The average Bonchev–Trinajstić information content (AvgIpc) is 3.15. The van der Waals surface area contributed by atoms with Gasteiger partial charge in [0.15, 0.2) is 10.9 Å². The molecule has 0 atom stereocenters. The van der Waals surface area contributed by atoms with Gasteiger partial charge in [0.1, 0.15) is 6.61 Å². The molecule has 9 heteroatoms. The summed E-state index contributed by atoms with van der Waals surface area (Å²) in [4.78, 5) is 17.5. The molecule has 1 fully saturated rings. The predicted molar refractivity (Wildman–Crippen MR) is 142 cm³/mol. The summed E-state index contributed by atoms with van der Waals surface area (Å²) < 4.78 is 6.51. The van der Waals surface area contributed by atoms with Gasteiger partial charge in [0.25, 0.3) is 5.91 Å². The largest absolute Gasteiger partial charge is 0.486 e. The Labute approximate surface area is 219 Å². The molecule has 170 valence electrons. The van der Waals surface area contributed by atoms with Crippen LogP contribution in [0.25, 0.3) is 6.08 Å². The Hall–Kier alpha value is -2.76. The molecule has 0 unspecified atom stereocenters. The van der Waals surface area contributed by atoms with Crippen molar-refractivity contribution >= 4 is 73.7 Å². The summed E-state index contributed by atoms with van der Waals surface area (Å²) in [5.74, 6) is 0.211. The minimum Gasteiger partial charge on any atom is -0.486 e. The van der Waals surface area contributed by atoms with Crippen LogP contribution in [0.15, 0.2) is 69.0 Å². The van der Waals surface area contributed by atoms with Crippen LogP contribution in [0.1, 0.15) is 22.3 Å². The molecular formula is C25H16BrCl2N3O2S.